The lowest BCUT2D eigenvalue weighted by Gasteiger charge is -2.32. The van der Waals surface area contributed by atoms with Gasteiger partial charge in [-0.3, -0.25) is 9.58 Å². The molecule has 5 rings (SSSR count). The highest BCUT2D eigenvalue weighted by Crippen LogP contribution is 2.29. The lowest BCUT2D eigenvalue weighted by atomic mass is 9.85. The van der Waals surface area contributed by atoms with Gasteiger partial charge < -0.3 is 21.1 Å². The minimum absolute atomic E-state index is 0.0808. The summed E-state index contributed by atoms with van der Waals surface area (Å²) in [6.07, 6.45) is 21.0. The minimum atomic E-state index is -0.749. The molecule has 1 aliphatic rings. The first kappa shape index (κ1) is 34.4. The van der Waals surface area contributed by atoms with E-state index in [0.717, 1.165) is 74.5 Å². The third-order valence-electron chi connectivity index (χ3n) is 8.81. The van der Waals surface area contributed by atoms with Crippen LogP contribution in [0.25, 0.3) is 11.1 Å². The monoisotopic (exact) mass is 649 g/mol. The number of nitrogens with zero attached hydrogens (tertiary/aromatic N) is 6. The molecule has 1 saturated carbocycles. The Morgan fingerprint density at radius 1 is 1.06 bits per heavy atom. The van der Waals surface area contributed by atoms with Crippen LogP contribution in [-0.4, -0.2) is 60.6 Å². The molecule has 1 unspecified atom stereocenters. The summed E-state index contributed by atoms with van der Waals surface area (Å²) in [7, 11) is 1.88. The normalized spacial score (nSPS) is 14.5. The molecule has 0 spiro atoms. The van der Waals surface area contributed by atoms with Gasteiger partial charge in [0.15, 0.2) is 0 Å². The number of terminal acetylenes is 1. The first-order valence-corrected chi connectivity index (χ1v) is 17.0. The summed E-state index contributed by atoms with van der Waals surface area (Å²) in [6.45, 7) is 3.44. The quantitative estimate of drug-likeness (QED) is 0.113. The van der Waals surface area contributed by atoms with Crippen LogP contribution in [-0.2, 0) is 13.6 Å². The standard InChI is InChI=1S/C37H47N9O2/c1-4-13-32(43-35-39-23-29(5-2)34(44-35)41-27-37(48)19-10-7-11-20-37)16-12-21-46(36(47)40-22-28-14-8-6-9-15-28)33-18-17-30(24-38-33)31-25-42-45(3)26-31/h2,6,8-9,14-15,17-18,23-26,32,48H,4,7,10-13,16,19-22,27H2,1,3H3,(H,40,47)(H2,39,41,43,44). The molecule has 1 atom stereocenters. The number of urea groups is 1. The van der Waals surface area contributed by atoms with Crippen LogP contribution in [0.15, 0.2) is 67.3 Å². The number of aryl methyl sites for hydroxylation is 1. The molecule has 0 bridgehead atoms. The Morgan fingerprint density at radius 2 is 1.88 bits per heavy atom. The Balaban J connectivity index is 1.25. The van der Waals surface area contributed by atoms with Crippen molar-refractivity contribution in [1.82, 2.24) is 30.0 Å². The molecule has 0 aliphatic heterocycles. The van der Waals surface area contributed by atoms with Crippen molar-refractivity contribution in [3.63, 3.8) is 0 Å². The van der Waals surface area contributed by atoms with Crippen molar-refractivity contribution in [2.24, 2.45) is 7.05 Å². The zero-order valence-electron chi connectivity index (χ0n) is 28.0. The Kier molecular flexibility index (Phi) is 12.0. The summed E-state index contributed by atoms with van der Waals surface area (Å²) in [6, 6.07) is 13.6. The van der Waals surface area contributed by atoms with E-state index in [-0.39, 0.29) is 12.1 Å². The number of aromatic nitrogens is 5. The Bertz CT molecular complexity index is 1640. The van der Waals surface area contributed by atoms with Crippen molar-refractivity contribution in [2.45, 2.75) is 82.9 Å². The zero-order valence-corrected chi connectivity index (χ0v) is 28.0. The Labute approximate surface area is 283 Å². The Morgan fingerprint density at radius 3 is 2.56 bits per heavy atom. The molecular weight excluding hydrogens is 602 g/mol. The number of aliphatic hydroxyl groups is 1. The van der Waals surface area contributed by atoms with E-state index in [2.05, 4.69) is 43.9 Å². The van der Waals surface area contributed by atoms with Gasteiger partial charge in [-0.15, -0.1) is 6.42 Å². The van der Waals surface area contributed by atoms with E-state index in [1.807, 2.05) is 55.7 Å². The average Bonchev–Trinajstić information content (AvgIpc) is 3.55. The number of rotatable bonds is 15. The number of amides is 2. The van der Waals surface area contributed by atoms with Crippen LogP contribution in [0, 0.1) is 12.3 Å². The van der Waals surface area contributed by atoms with Crippen LogP contribution >= 0.6 is 0 Å². The van der Waals surface area contributed by atoms with Gasteiger partial charge in [0.25, 0.3) is 0 Å². The number of anilines is 3. The molecule has 0 radical (unpaired) electrons. The smallest absolute Gasteiger partial charge is 0.323 e. The largest absolute Gasteiger partial charge is 0.388 e. The number of carbonyl (C=O) groups is 1. The van der Waals surface area contributed by atoms with Gasteiger partial charge in [0.1, 0.15) is 11.6 Å². The second kappa shape index (κ2) is 16.7. The lowest BCUT2D eigenvalue weighted by molar-refractivity contribution is 0.0166. The molecule has 0 saturated heterocycles. The van der Waals surface area contributed by atoms with E-state index in [4.69, 9.17) is 11.4 Å². The molecule has 4 N–H and O–H groups in total. The SMILES string of the molecule is C#Cc1cnc(NC(CCC)CCCN(C(=O)NCc2ccccc2)c2ccc(-c3cnn(C)c3)cn2)nc1NCC1(O)CCCCC1. The predicted octanol–water partition coefficient (Wildman–Crippen LogP) is 6.14. The number of nitrogens with one attached hydrogen (secondary N) is 3. The van der Waals surface area contributed by atoms with Gasteiger partial charge >= 0.3 is 6.03 Å². The highest BCUT2D eigenvalue weighted by molar-refractivity contribution is 5.91. The molecule has 11 heteroatoms. The van der Waals surface area contributed by atoms with Crippen LogP contribution in [0.2, 0.25) is 0 Å². The molecule has 1 fully saturated rings. The highest BCUT2D eigenvalue weighted by atomic mass is 16.3. The van der Waals surface area contributed by atoms with E-state index < -0.39 is 5.60 Å². The molecule has 3 heterocycles. The van der Waals surface area contributed by atoms with Gasteiger partial charge in [-0.25, -0.2) is 14.8 Å². The number of carbonyl (C=O) groups excluding carboxylic acids is 1. The fourth-order valence-electron chi connectivity index (χ4n) is 6.12. The van der Waals surface area contributed by atoms with Crippen LogP contribution in [0.1, 0.15) is 75.8 Å². The summed E-state index contributed by atoms with van der Waals surface area (Å²) in [5.41, 5.74) is 2.73. The van der Waals surface area contributed by atoms with Crippen molar-refractivity contribution in [2.75, 3.05) is 28.6 Å². The molecule has 2 amide bonds. The number of pyridine rings is 1. The summed E-state index contributed by atoms with van der Waals surface area (Å²) in [5.74, 6) is 4.27. The zero-order chi connectivity index (χ0) is 33.8. The van der Waals surface area contributed by atoms with Crippen LogP contribution < -0.4 is 20.9 Å². The highest BCUT2D eigenvalue weighted by Gasteiger charge is 2.29. The van der Waals surface area contributed by atoms with Gasteiger partial charge in [-0.1, -0.05) is 68.9 Å². The third-order valence-corrected chi connectivity index (χ3v) is 8.81. The maximum Gasteiger partial charge on any atom is 0.323 e. The molecule has 11 nitrogen and oxygen atoms in total. The van der Waals surface area contributed by atoms with E-state index in [0.29, 0.717) is 42.8 Å². The van der Waals surface area contributed by atoms with E-state index in [9.17, 15) is 9.90 Å². The van der Waals surface area contributed by atoms with Gasteiger partial charge in [0, 0.05) is 56.2 Å². The molecule has 3 aromatic heterocycles. The molecular formula is C37H47N9O2. The number of hydrogen-bond acceptors (Lipinski definition) is 8. The van der Waals surface area contributed by atoms with Gasteiger partial charge in [0.05, 0.1) is 23.6 Å². The summed E-state index contributed by atoms with van der Waals surface area (Å²) in [5, 5.41) is 25.1. The van der Waals surface area contributed by atoms with Crippen molar-refractivity contribution in [3.05, 3.63) is 78.4 Å². The predicted molar refractivity (Wildman–Crippen MR) is 191 cm³/mol. The molecule has 1 aliphatic carbocycles. The molecule has 4 aromatic rings. The van der Waals surface area contributed by atoms with Crippen LogP contribution in [0.4, 0.5) is 22.4 Å². The first-order valence-electron chi connectivity index (χ1n) is 17.0. The number of hydrogen-bond donors (Lipinski definition) is 4. The Hall–Kier alpha value is -4.95. The van der Waals surface area contributed by atoms with Crippen molar-refractivity contribution < 1.29 is 9.90 Å². The van der Waals surface area contributed by atoms with E-state index in [1.54, 1.807) is 28.2 Å². The van der Waals surface area contributed by atoms with Gasteiger partial charge in [0.2, 0.25) is 5.95 Å². The second-order valence-corrected chi connectivity index (χ2v) is 12.6. The van der Waals surface area contributed by atoms with Crippen LogP contribution in [0.5, 0.6) is 0 Å². The number of benzene rings is 1. The lowest BCUT2D eigenvalue weighted by Crippen LogP contribution is -2.41. The van der Waals surface area contributed by atoms with Gasteiger partial charge in [-0.2, -0.15) is 10.1 Å². The average molecular weight is 650 g/mol. The van der Waals surface area contributed by atoms with Crippen LogP contribution in [0.3, 0.4) is 0 Å². The van der Waals surface area contributed by atoms with E-state index in [1.165, 1.54) is 0 Å². The topological polar surface area (TPSA) is 133 Å². The summed E-state index contributed by atoms with van der Waals surface area (Å²) in [4.78, 5) is 29.1. The molecule has 48 heavy (non-hydrogen) atoms. The molecule has 1 aromatic carbocycles. The van der Waals surface area contributed by atoms with Crippen molar-refractivity contribution in [3.8, 4) is 23.5 Å². The third kappa shape index (κ3) is 9.55. The second-order valence-electron chi connectivity index (χ2n) is 12.6. The maximum absolute atomic E-state index is 13.5. The van der Waals surface area contributed by atoms with Crippen molar-refractivity contribution in [1.29, 1.82) is 0 Å². The van der Waals surface area contributed by atoms with Crippen molar-refractivity contribution >= 4 is 23.6 Å². The molecule has 252 valence electrons. The minimum Gasteiger partial charge on any atom is -0.388 e. The first-order chi connectivity index (χ1) is 23.4. The van der Waals surface area contributed by atoms with Gasteiger partial charge in [-0.05, 0) is 49.8 Å². The maximum atomic E-state index is 13.5. The summed E-state index contributed by atoms with van der Waals surface area (Å²) < 4.78 is 1.75. The summed E-state index contributed by atoms with van der Waals surface area (Å²) >= 11 is 0. The fourth-order valence-corrected chi connectivity index (χ4v) is 6.12. The van der Waals surface area contributed by atoms with E-state index >= 15 is 0 Å². The fraction of sp³-hybridized carbons (Fsp3) is 0.432.